The van der Waals surface area contributed by atoms with Crippen molar-refractivity contribution in [1.29, 1.82) is 0 Å². The zero-order chi connectivity index (χ0) is 20.9. The molecule has 0 spiro atoms. The second kappa shape index (κ2) is 6.67. The normalized spacial score (nSPS) is 14.6. The van der Waals surface area contributed by atoms with Gasteiger partial charge in [0.1, 0.15) is 11.5 Å². The highest BCUT2D eigenvalue weighted by molar-refractivity contribution is 6.02. The molecule has 0 saturated carbocycles. The second-order valence-corrected chi connectivity index (χ2v) is 7.74. The molecule has 31 heavy (non-hydrogen) atoms. The Bertz CT molecular complexity index is 1490. The van der Waals surface area contributed by atoms with Gasteiger partial charge in [-0.05, 0) is 39.4 Å². The van der Waals surface area contributed by atoms with Crippen molar-refractivity contribution in [2.24, 2.45) is 0 Å². The predicted octanol–water partition coefficient (Wildman–Crippen LogP) is 7.13. The van der Waals surface area contributed by atoms with Gasteiger partial charge in [-0.1, -0.05) is 84.9 Å². The van der Waals surface area contributed by atoms with Gasteiger partial charge in [-0.15, -0.1) is 0 Å². The molecule has 1 atom stereocenters. The largest absolute Gasteiger partial charge is 0.456 e. The summed E-state index contributed by atoms with van der Waals surface area (Å²) in [7, 11) is 0. The van der Waals surface area contributed by atoms with Crippen molar-refractivity contribution < 1.29 is 9.66 Å². The number of fused-ring (bicyclic) bond motifs is 6. The molecule has 4 heteroatoms. The Morgan fingerprint density at radius 3 is 2.16 bits per heavy atom. The highest BCUT2D eigenvalue weighted by Gasteiger charge is 2.39. The first-order valence-corrected chi connectivity index (χ1v) is 10.2. The maximum Gasteiger partial charge on any atom is 0.271 e. The summed E-state index contributed by atoms with van der Waals surface area (Å²) in [5.41, 5.74) is 3.22. The zero-order valence-electron chi connectivity index (χ0n) is 16.5. The molecule has 5 aromatic carbocycles. The Morgan fingerprint density at radius 1 is 0.677 bits per heavy atom. The molecule has 0 aromatic heterocycles. The molecular weight excluding hydrogens is 386 g/mol. The molecule has 148 valence electrons. The minimum Gasteiger partial charge on any atom is -0.456 e. The lowest BCUT2D eigenvalue weighted by Crippen LogP contribution is -2.19. The summed E-state index contributed by atoms with van der Waals surface area (Å²) in [6, 6.07) is 30.4. The maximum absolute atomic E-state index is 12.6. The number of hydrogen-bond acceptors (Lipinski definition) is 3. The van der Waals surface area contributed by atoms with E-state index in [0.29, 0.717) is 22.6 Å². The Morgan fingerprint density at radius 2 is 1.35 bits per heavy atom. The molecule has 0 saturated heterocycles. The van der Waals surface area contributed by atoms with Crippen LogP contribution in [0.3, 0.4) is 0 Å². The van der Waals surface area contributed by atoms with E-state index in [1.807, 2.05) is 97.1 Å². The highest BCUT2D eigenvalue weighted by atomic mass is 16.6. The van der Waals surface area contributed by atoms with Crippen molar-refractivity contribution in [1.82, 2.24) is 0 Å². The molecule has 1 aliphatic heterocycles. The van der Waals surface area contributed by atoms with Crippen molar-refractivity contribution in [2.45, 2.75) is 6.04 Å². The molecule has 1 aliphatic rings. The fraction of sp³-hybridized carbons (Fsp3) is 0.0370. The van der Waals surface area contributed by atoms with Crippen molar-refractivity contribution in [3.05, 3.63) is 118 Å². The third-order valence-electron chi connectivity index (χ3n) is 6.04. The molecule has 0 radical (unpaired) electrons. The van der Waals surface area contributed by atoms with E-state index in [2.05, 4.69) is 0 Å². The number of ether oxygens (including phenoxy) is 1. The lowest BCUT2D eigenvalue weighted by atomic mass is 9.85. The van der Waals surface area contributed by atoms with Gasteiger partial charge in [0.05, 0.1) is 11.1 Å². The molecule has 0 fully saturated rings. The Kier molecular flexibility index (Phi) is 3.80. The third kappa shape index (κ3) is 2.62. The smallest absolute Gasteiger partial charge is 0.271 e. The van der Waals surface area contributed by atoms with E-state index < -0.39 is 6.04 Å². The van der Waals surface area contributed by atoms with Crippen LogP contribution < -0.4 is 4.74 Å². The minimum absolute atomic E-state index is 0.187. The Hall–Kier alpha value is -4.18. The first-order chi connectivity index (χ1) is 15.2. The maximum atomic E-state index is 12.6. The lowest BCUT2D eigenvalue weighted by molar-refractivity contribution is -0.517. The number of benzene rings is 5. The fourth-order valence-corrected chi connectivity index (χ4v) is 4.73. The van der Waals surface area contributed by atoms with Crippen molar-refractivity contribution >= 4 is 21.5 Å². The average Bonchev–Trinajstić information content (AvgIpc) is 2.82. The van der Waals surface area contributed by atoms with Gasteiger partial charge in [0.2, 0.25) is 0 Å². The number of rotatable bonds is 2. The van der Waals surface area contributed by atoms with Gasteiger partial charge in [-0.3, -0.25) is 10.1 Å². The van der Waals surface area contributed by atoms with E-state index in [9.17, 15) is 10.1 Å². The standard InChI is InChI=1S/C27H17NO3/c29-28(30)27-25-21-11-5-4-9-18(21)13-15-22(25)31-23-16-14-19-10-6-12-20(24(19)26(23)27)17-7-2-1-3-8-17/h1-16,27H. The van der Waals surface area contributed by atoms with E-state index >= 15 is 0 Å². The summed E-state index contributed by atoms with van der Waals surface area (Å²) in [6.07, 6.45) is 0. The van der Waals surface area contributed by atoms with Crippen LogP contribution in [-0.2, 0) is 0 Å². The van der Waals surface area contributed by atoms with E-state index in [0.717, 1.165) is 32.7 Å². The van der Waals surface area contributed by atoms with Crippen LogP contribution >= 0.6 is 0 Å². The molecular formula is C27H17NO3. The molecule has 0 amide bonds. The van der Waals surface area contributed by atoms with Crippen LogP contribution in [0.4, 0.5) is 0 Å². The average molecular weight is 403 g/mol. The third-order valence-corrected chi connectivity index (χ3v) is 6.04. The first-order valence-electron chi connectivity index (χ1n) is 10.2. The SMILES string of the molecule is O=[N+]([O-])C1c2c(ccc3ccccc23)Oc2ccc3cccc(-c4ccccc4)c3c21. The number of nitrogens with zero attached hydrogens (tertiary/aromatic N) is 1. The van der Waals surface area contributed by atoms with Crippen LogP contribution in [-0.4, -0.2) is 4.92 Å². The van der Waals surface area contributed by atoms with Crippen LogP contribution in [0.1, 0.15) is 17.2 Å². The summed E-state index contributed by atoms with van der Waals surface area (Å²) in [5, 5.41) is 16.2. The van der Waals surface area contributed by atoms with Crippen molar-refractivity contribution in [2.75, 3.05) is 0 Å². The summed E-state index contributed by atoms with van der Waals surface area (Å²) >= 11 is 0. The van der Waals surface area contributed by atoms with Gasteiger partial charge >= 0.3 is 0 Å². The molecule has 1 heterocycles. The van der Waals surface area contributed by atoms with E-state index in [1.165, 1.54) is 0 Å². The van der Waals surface area contributed by atoms with Gasteiger partial charge in [0.25, 0.3) is 6.04 Å². The van der Waals surface area contributed by atoms with Gasteiger partial charge in [0, 0.05) is 10.3 Å². The van der Waals surface area contributed by atoms with Crippen LogP contribution in [0.25, 0.3) is 32.7 Å². The molecule has 0 aliphatic carbocycles. The summed E-state index contributed by atoms with van der Waals surface area (Å²) in [4.78, 5) is 12.4. The molecule has 4 nitrogen and oxygen atoms in total. The van der Waals surface area contributed by atoms with Crippen molar-refractivity contribution in [3.8, 4) is 22.6 Å². The first kappa shape index (κ1) is 17.7. The predicted molar refractivity (Wildman–Crippen MR) is 122 cm³/mol. The summed E-state index contributed by atoms with van der Waals surface area (Å²) < 4.78 is 6.26. The minimum atomic E-state index is -1.02. The Balaban J connectivity index is 1.74. The molecule has 1 unspecified atom stereocenters. The zero-order valence-corrected chi connectivity index (χ0v) is 16.5. The fourth-order valence-electron chi connectivity index (χ4n) is 4.73. The van der Waals surface area contributed by atoms with Crippen LogP contribution in [0.5, 0.6) is 11.5 Å². The second-order valence-electron chi connectivity index (χ2n) is 7.74. The van der Waals surface area contributed by atoms with E-state index in [-0.39, 0.29) is 4.92 Å². The summed E-state index contributed by atoms with van der Waals surface area (Å²) in [6.45, 7) is 0. The Labute approximate surface area is 178 Å². The highest BCUT2D eigenvalue weighted by Crippen LogP contribution is 2.51. The van der Waals surface area contributed by atoms with Gasteiger partial charge in [-0.25, -0.2) is 0 Å². The van der Waals surface area contributed by atoms with Gasteiger partial charge in [-0.2, -0.15) is 0 Å². The van der Waals surface area contributed by atoms with Gasteiger partial charge < -0.3 is 4.74 Å². The van der Waals surface area contributed by atoms with Crippen LogP contribution in [0.15, 0.2) is 97.1 Å². The topological polar surface area (TPSA) is 52.4 Å². The number of hydrogen-bond donors (Lipinski definition) is 0. The molecule has 0 N–H and O–H groups in total. The number of nitro groups is 1. The molecule has 0 bridgehead atoms. The molecule has 6 rings (SSSR count). The molecule has 5 aromatic rings. The van der Waals surface area contributed by atoms with Gasteiger partial charge in [0.15, 0.2) is 0 Å². The monoisotopic (exact) mass is 403 g/mol. The van der Waals surface area contributed by atoms with Crippen LogP contribution in [0, 0.1) is 10.1 Å². The van der Waals surface area contributed by atoms with E-state index in [4.69, 9.17) is 4.74 Å². The van der Waals surface area contributed by atoms with Crippen LogP contribution in [0.2, 0.25) is 0 Å². The quantitative estimate of drug-likeness (QED) is 0.233. The summed E-state index contributed by atoms with van der Waals surface area (Å²) in [5.74, 6) is 1.09. The van der Waals surface area contributed by atoms with Crippen molar-refractivity contribution in [3.63, 3.8) is 0 Å². The van der Waals surface area contributed by atoms with E-state index in [1.54, 1.807) is 0 Å². The lowest BCUT2D eigenvalue weighted by Gasteiger charge is -2.26.